The zero-order chi connectivity index (χ0) is 26.8. The number of nitrogens with one attached hydrogen (secondary N) is 1. The van der Waals surface area contributed by atoms with Gasteiger partial charge in [-0.05, 0) is 29.3 Å². The van der Waals surface area contributed by atoms with Crippen LogP contribution in [0.25, 0.3) is 11.1 Å². The van der Waals surface area contributed by atoms with E-state index in [1.54, 1.807) is 0 Å². The second-order valence-corrected chi connectivity index (χ2v) is 10.5. The van der Waals surface area contributed by atoms with Gasteiger partial charge in [-0.1, -0.05) is 24.3 Å². The molecule has 5 atom stereocenters. The van der Waals surface area contributed by atoms with Gasteiger partial charge in [0, 0.05) is 18.2 Å². The third-order valence-corrected chi connectivity index (χ3v) is 7.40. The number of hydrogen-bond donors (Lipinski definition) is 6. The van der Waals surface area contributed by atoms with Crippen molar-refractivity contribution < 1.29 is 51.9 Å². The SMILES string of the molecule is CC(F)(F)S(=O)(=O)Cc1cccc(-c2c(N)cccc2O[C@@H]2OC(CO)[C@H](O)[C@H](O)C2NC(=O)O)c1. The van der Waals surface area contributed by atoms with Gasteiger partial charge in [0.2, 0.25) is 16.1 Å². The zero-order valence-electron chi connectivity index (χ0n) is 18.9. The molecule has 0 bridgehead atoms. The molecule has 2 aromatic carbocycles. The fourth-order valence-corrected chi connectivity index (χ4v) is 4.59. The van der Waals surface area contributed by atoms with Gasteiger partial charge in [-0.15, -0.1) is 0 Å². The molecular weight excluding hydrogens is 506 g/mol. The van der Waals surface area contributed by atoms with Crippen LogP contribution >= 0.6 is 0 Å². The number of sulfone groups is 1. The van der Waals surface area contributed by atoms with E-state index in [0.717, 1.165) is 0 Å². The fraction of sp³-hybridized carbons (Fsp3) is 0.409. The number of amides is 1. The maximum atomic E-state index is 13.5. The van der Waals surface area contributed by atoms with Crippen LogP contribution in [-0.4, -0.2) is 77.4 Å². The summed E-state index contributed by atoms with van der Waals surface area (Å²) in [5.41, 5.74) is 6.83. The summed E-state index contributed by atoms with van der Waals surface area (Å²) in [6.07, 6.45) is -7.70. The number of anilines is 1. The lowest BCUT2D eigenvalue weighted by atomic mass is 9.96. The summed E-state index contributed by atoms with van der Waals surface area (Å²) in [5.74, 6) is -0.926. The Bertz CT molecular complexity index is 1210. The van der Waals surface area contributed by atoms with Crippen molar-refractivity contribution in [3.8, 4) is 16.9 Å². The van der Waals surface area contributed by atoms with Crippen LogP contribution in [0.15, 0.2) is 42.5 Å². The maximum Gasteiger partial charge on any atom is 0.405 e. The van der Waals surface area contributed by atoms with Crippen molar-refractivity contribution in [1.82, 2.24) is 5.32 Å². The average Bonchev–Trinajstić information content (AvgIpc) is 2.77. The van der Waals surface area contributed by atoms with Crippen LogP contribution in [0.3, 0.4) is 0 Å². The number of carboxylic acid groups (broad SMARTS) is 1. The van der Waals surface area contributed by atoms with Crippen molar-refractivity contribution in [3.63, 3.8) is 0 Å². The lowest BCUT2D eigenvalue weighted by molar-refractivity contribution is -0.243. The number of halogens is 2. The fourth-order valence-electron chi connectivity index (χ4n) is 3.72. The van der Waals surface area contributed by atoms with Crippen molar-refractivity contribution in [1.29, 1.82) is 0 Å². The van der Waals surface area contributed by atoms with Crippen molar-refractivity contribution in [3.05, 3.63) is 48.0 Å². The summed E-state index contributed by atoms with van der Waals surface area (Å²) in [7, 11) is -4.79. The Kier molecular flexibility index (Phi) is 8.05. The number of benzene rings is 2. The summed E-state index contributed by atoms with van der Waals surface area (Å²) in [6, 6.07) is 8.62. The first kappa shape index (κ1) is 27.5. The van der Waals surface area contributed by atoms with Crippen molar-refractivity contribution in [2.45, 2.75) is 48.6 Å². The van der Waals surface area contributed by atoms with E-state index in [9.17, 15) is 37.3 Å². The van der Waals surface area contributed by atoms with E-state index in [-0.39, 0.29) is 22.6 Å². The molecule has 0 aromatic heterocycles. The number of hydrogen-bond acceptors (Lipinski definition) is 9. The van der Waals surface area contributed by atoms with Crippen LogP contribution in [0.2, 0.25) is 0 Å². The van der Waals surface area contributed by atoms with Crippen LogP contribution in [0.4, 0.5) is 19.3 Å². The molecule has 3 rings (SSSR count). The Balaban J connectivity index is 2.00. The molecule has 0 spiro atoms. The number of rotatable bonds is 8. The first-order valence-corrected chi connectivity index (χ1v) is 12.3. The Labute approximate surface area is 205 Å². The number of ether oxygens (including phenoxy) is 2. The Hall–Kier alpha value is -3.04. The molecule has 2 unspecified atom stereocenters. The van der Waals surface area contributed by atoms with Gasteiger partial charge in [0.1, 0.15) is 30.1 Å². The van der Waals surface area contributed by atoms with E-state index in [1.165, 1.54) is 42.5 Å². The minimum Gasteiger partial charge on any atom is -0.465 e. The van der Waals surface area contributed by atoms with Gasteiger partial charge >= 0.3 is 11.3 Å². The molecule has 14 heteroatoms. The maximum absolute atomic E-state index is 13.5. The molecular formula is C22H26F2N2O9S. The lowest BCUT2D eigenvalue weighted by Gasteiger charge is -2.41. The highest BCUT2D eigenvalue weighted by Crippen LogP contribution is 2.38. The van der Waals surface area contributed by atoms with Gasteiger partial charge in [0.05, 0.1) is 12.4 Å². The Morgan fingerprint density at radius 2 is 1.86 bits per heavy atom. The molecule has 1 fully saturated rings. The Morgan fingerprint density at radius 1 is 1.19 bits per heavy atom. The number of aliphatic hydroxyl groups excluding tert-OH is 3. The number of aliphatic hydroxyl groups is 3. The number of alkyl halides is 2. The van der Waals surface area contributed by atoms with Gasteiger partial charge in [0.25, 0.3) is 0 Å². The summed E-state index contributed by atoms with van der Waals surface area (Å²) < 4.78 is 62.3. The molecule has 1 aliphatic rings. The molecule has 1 heterocycles. The molecule has 11 nitrogen and oxygen atoms in total. The molecule has 36 heavy (non-hydrogen) atoms. The van der Waals surface area contributed by atoms with Crippen LogP contribution in [-0.2, 0) is 20.3 Å². The molecule has 1 saturated heterocycles. The third kappa shape index (κ3) is 5.84. The third-order valence-electron chi connectivity index (χ3n) is 5.59. The lowest BCUT2D eigenvalue weighted by Crippen LogP contribution is -2.65. The largest absolute Gasteiger partial charge is 0.465 e. The molecule has 2 aromatic rings. The van der Waals surface area contributed by atoms with Gasteiger partial charge in [0.15, 0.2) is 0 Å². The molecule has 0 saturated carbocycles. The average molecular weight is 533 g/mol. The van der Waals surface area contributed by atoms with E-state index in [0.29, 0.717) is 12.5 Å². The summed E-state index contributed by atoms with van der Waals surface area (Å²) in [5, 5.41) is 37.2. The quantitative estimate of drug-likeness (QED) is 0.267. The first-order chi connectivity index (χ1) is 16.7. The van der Waals surface area contributed by atoms with Gasteiger partial charge in [-0.25, -0.2) is 13.2 Å². The molecule has 1 amide bonds. The highest BCUT2D eigenvalue weighted by Gasteiger charge is 2.46. The topological polar surface area (TPSA) is 189 Å². The predicted octanol–water partition coefficient (Wildman–Crippen LogP) is 0.917. The number of nitrogen functional groups attached to an aromatic ring is 1. The standard InChI is InChI=1S/C22H26F2N2O9S/c1-22(23,24)36(32,33)10-11-4-2-5-12(8-11)16-13(25)6-3-7-14(16)34-20-17(26-21(30)31)19(29)18(28)15(9-27)35-20/h2-8,15,17-20,26-29H,9-10,25H2,1H3,(H,30,31)/t15?,17?,18-,19+,20+/m0/s1. The predicted molar refractivity (Wildman–Crippen MR) is 123 cm³/mol. The zero-order valence-corrected chi connectivity index (χ0v) is 19.7. The van der Waals surface area contributed by atoms with Crippen LogP contribution in [0, 0.1) is 0 Å². The summed E-state index contributed by atoms with van der Waals surface area (Å²) in [4.78, 5) is 11.2. The van der Waals surface area contributed by atoms with Crippen LogP contribution in [0.1, 0.15) is 12.5 Å². The summed E-state index contributed by atoms with van der Waals surface area (Å²) in [6.45, 7) is -0.412. The second-order valence-electron chi connectivity index (χ2n) is 8.29. The minimum absolute atomic E-state index is 0.0123. The molecule has 1 aliphatic heterocycles. The van der Waals surface area contributed by atoms with E-state index in [2.05, 4.69) is 0 Å². The van der Waals surface area contributed by atoms with Crippen LogP contribution in [0.5, 0.6) is 5.75 Å². The normalized spacial score (nSPS) is 24.8. The minimum atomic E-state index is -4.79. The Morgan fingerprint density at radius 3 is 2.47 bits per heavy atom. The number of nitrogens with two attached hydrogens (primary N) is 1. The van der Waals surface area contributed by atoms with E-state index in [1.807, 2.05) is 5.32 Å². The van der Waals surface area contributed by atoms with Crippen molar-refractivity contribution >= 4 is 21.6 Å². The van der Waals surface area contributed by atoms with Gasteiger partial charge < -0.3 is 41.0 Å². The first-order valence-electron chi connectivity index (χ1n) is 10.6. The second kappa shape index (κ2) is 10.5. The van der Waals surface area contributed by atoms with Gasteiger partial charge in [-0.2, -0.15) is 8.78 Å². The molecule has 0 radical (unpaired) electrons. The molecule has 0 aliphatic carbocycles. The highest BCUT2D eigenvalue weighted by atomic mass is 32.2. The number of carbonyl (C=O) groups is 1. The van der Waals surface area contributed by atoms with Crippen molar-refractivity contribution in [2.24, 2.45) is 0 Å². The van der Waals surface area contributed by atoms with E-state index < -0.39 is 64.2 Å². The highest BCUT2D eigenvalue weighted by molar-refractivity contribution is 7.91. The summed E-state index contributed by atoms with van der Waals surface area (Å²) >= 11 is 0. The van der Waals surface area contributed by atoms with E-state index >= 15 is 0 Å². The smallest absolute Gasteiger partial charge is 0.405 e. The van der Waals surface area contributed by atoms with Crippen LogP contribution < -0.4 is 15.8 Å². The molecule has 198 valence electrons. The van der Waals surface area contributed by atoms with Gasteiger partial charge in [-0.3, -0.25) is 0 Å². The molecule has 7 N–H and O–H groups in total. The monoisotopic (exact) mass is 532 g/mol. The van der Waals surface area contributed by atoms with Crippen molar-refractivity contribution in [2.75, 3.05) is 12.3 Å². The van der Waals surface area contributed by atoms with E-state index in [4.69, 9.17) is 20.3 Å².